The minimum Gasteiger partial charge on any atom is -0.493 e. The number of nitrogens with zero attached hydrogens (tertiary/aromatic N) is 1. The summed E-state index contributed by atoms with van der Waals surface area (Å²) in [6, 6.07) is 13.0. The van der Waals surface area contributed by atoms with Gasteiger partial charge >= 0.3 is 0 Å². The topological polar surface area (TPSA) is 33.7 Å². The Balaban J connectivity index is 1.95. The Hall–Kier alpha value is -1.31. The highest BCUT2D eigenvalue weighted by atomic mass is 127. The molecule has 25 heavy (non-hydrogen) atoms. The summed E-state index contributed by atoms with van der Waals surface area (Å²) in [5.74, 6) is 1.64. The number of halogens is 1. The van der Waals surface area contributed by atoms with Gasteiger partial charge < -0.3 is 19.7 Å². The quantitative estimate of drug-likeness (QED) is 0.681. The van der Waals surface area contributed by atoms with Crippen molar-refractivity contribution in [3.63, 3.8) is 0 Å². The second kappa shape index (κ2) is 8.38. The highest BCUT2D eigenvalue weighted by Crippen LogP contribution is 2.38. The Kier molecular flexibility index (Phi) is 6.19. The lowest BCUT2D eigenvalue weighted by Gasteiger charge is -2.29. The fourth-order valence-electron chi connectivity index (χ4n) is 3.16. The average molecular weight is 452 g/mol. The van der Waals surface area contributed by atoms with Gasteiger partial charge in [-0.1, -0.05) is 18.2 Å². The van der Waals surface area contributed by atoms with Crippen LogP contribution in [0.15, 0.2) is 36.4 Å². The predicted octanol–water partition coefficient (Wildman–Crippen LogP) is 3.48. The Morgan fingerprint density at radius 3 is 2.68 bits per heavy atom. The van der Waals surface area contributed by atoms with E-state index in [0.29, 0.717) is 6.61 Å². The van der Waals surface area contributed by atoms with Crippen molar-refractivity contribution < 1.29 is 9.47 Å². The lowest BCUT2D eigenvalue weighted by atomic mass is 9.89. The van der Waals surface area contributed by atoms with Crippen LogP contribution in [0.5, 0.6) is 11.5 Å². The summed E-state index contributed by atoms with van der Waals surface area (Å²) in [5.41, 5.74) is 3.93. The molecule has 1 aliphatic rings. The normalized spacial score (nSPS) is 16.6. The van der Waals surface area contributed by atoms with Crippen LogP contribution in [-0.4, -0.2) is 45.8 Å². The number of fused-ring (bicyclic) bond motifs is 1. The highest BCUT2D eigenvalue weighted by molar-refractivity contribution is 14.1. The molecule has 0 fully saturated rings. The number of rotatable bonds is 6. The summed E-state index contributed by atoms with van der Waals surface area (Å²) in [6.45, 7) is 2.48. The lowest BCUT2D eigenvalue weighted by molar-refractivity contribution is 0.250. The molecule has 3 rings (SSSR count). The van der Waals surface area contributed by atoms with Crippen molar-refractivity contribution in [1.82, 2.24) is 10.2 Å². The third kappa shape index (κ3) is 4.27. The smallest absolute Gasteiger partial charge is 0.161 e. The first-order chi connectivity index (χ1) is 12.1. The SMILES string of the molecule is COc1cc2c(cc1OCCN(C)C)C(c1ccccc1I)NCC2. The average Bonchev–Trinajstić information content (AvgIpc) is 2.61. The van der Waals surface area contributed by atoms with E-state index in [1.54, 1.807) is 7.11 Å². The minimum atomic E-state index is 0.193. The first kappa shape index (κ1) is 18.5. The van der Waals surface area contributed by atoms with E-state index < -0.39 is 0 Å². The Labute approximate surface area is 163 Å². The van der Waals surface area contributed by atoms with Crippen LogP contribution >= 0.6 is 22.6 Å². The Morgan fingerprint density at radius 2 is 1.96 bits per heavy atom. The van der Waals surface area contributed by atoms with Gasteiger partial charge in [-0.2, -0.15) is 0 Å². The van der Waals surface area contributed by atoms with E-state index in [4.69, 9.17) is 9.47 Å². The highest BCUT2D eigenvalue weighted by Gasteiger charge is 2.25. The van der Waals surface area contributed by atoms with Gasteiger partial charge in [-0.15, -0.1) is 0 Å². The summed E-state index contributed by atoms with van der Waals surface area (Å²) in [7, 11) is 5.80. The molecule has 5 heteroatoms. The molecule has 0 spiro atoms. The molecule has 4 nitrogen and oxygen atoms in total. The number of ether oxygens (including phenoxy) is 2. The molecule has 1 aliphatic heterocycles. The van der Waals surface area contributed by atoms with Gasteiger partial charge in [0, 0.05) is 16.7 Å². The summed E-state index contributed by atoms with van der Waals surface area (Å²) in [4.78, 5) is 2.11. The summed E-state index contributed by atoms with van der Waals surface area (Å²) >= 11 is 2.41. The van der Waals surface area contributed by atoms with Gasteiger partial charge in [0.1, 0.15) is 6.61 Å². The van der Waals surface area contributed by atoms with Crippen molar-refractivity contribution in [2.75, 3.05) is 40.9 Å². The molecular weight excluding hydrogens is 427 g/mol. The first-order valence-corrected chi connectivity index (χ1v) is 9.64. The molecule has 0 amide bonds. The second-order valence-corrected chi connectivity index (χ2v) is 7.67. The van der Waals surface area contributed by atoms with E-state index in [-0.39, 0.29) is 6.04 Å². The molecule has 134 valence electrons. The monoisotopic (exact) mass is 452 g/mol. The summed E-state index contributed by atoms with van der Waals surface area (Å²) < 4.78 is 12.9. The third-order valence-corrected chi connectivity index (χ3v) is 5.47. The van der Waals surface area contributed by atoms with Crippen LogP contribution in [0.4, 0.5) is 0 Å². The molecule has 1 N–H and O–H groups in total. The van der Waals surface area contributed by atoms with E-state index in [2.05, 4.69) is 69.2 Å². The zero-order valence-corrected chi connectivity index (χ0v) is 17.2. The number of hydrogen-bond donors (Lipinski definition) is 1. The van der Waals surface area contributed by atoms with E-state index >= 15 is 0 Å². The molecule has 0 saturated heterocycles. The van der Waals surface area contributed by atoms with Crippen LogP contribution in [0.2, 0.25) is 0 Å². The van der Waals surface area contributed by atoms with Gasteiger partial charge in [0.15, 0.2) is 11.5 Å². The zero-order valence-electron chi connectivity index (χ0n) is 15.0. The standard InChI is InChI=1S/C20H25IN2O2/c1-23(2)10-11-25-19-13-16-14(12-18(19)24-3)8-9-22-20(16)15-6-4-5-7-17(15)21/h4-7,12-13,20,22H,8-11H2,1-3H3. The van der Waals surface area contributed by atoms with Crippen molar-refractivity contribution in [2.45, 2.75) is 12.5 Å². The molecule has 1 heterocycles. The number of benzene rings is 2. The molecule has 0 radical (unpaired) electrons. The van der Waals surface area contributed by atoms with Crippen LogP contribution in [0.25, 0.3) is 0 Å². The van der Waals surface area contributed by atoms with Crippen molar-refractivity contribution in [2.24, 2.45) is 0 Å². The molecule has 2 aromatic rings. The predicted molar refractivity (Wildman–Crippen MR) is 110 cm³/mol. The molecule has 0 aliphatic carbocycles. The number of likely N-dealkylation sites (N-methyl/N-ethyl adjacent to an activating group) is 1. The molecule has 2 aromatic carbocycles. The largest absolute Gasteiger partial charge is 0.493 e. The second-order valence-electron chi connectivity index (χ2n) is 6.51. The van der Waals surface area contributed by atoms with Gasteiger partial charge in [-0.3, -0.25) is 0 Å². The fraction of sp³-hybridized carbons (Fsp3) is 0.400. The van der Waals surface area contributed by atoms with Crippen LogP contribution in [0.3, 0.4) is 0 Å². The van der Waals surface area contributed by atoms with Gasteiger partial charge in [-0.05, 0) is 78.0 Å². The summed E-state index contributed by atoms with van der Waals surface area (Å²) in [5, 5.41) is 3.66. The number of nitrogens with one attached hydrogen (secondary N) is 1. The van der Waals surface area contributed by atoms with Crippen LogP contribution in [0.1, 0.15) is 22.7 Å². The van der Waals surface area contributed by atoms with Crippen molar-refractivity contribution in [3.8, 4) is 11.5 Å². The van der Waals surface area contributed by atoms with E-state index in [9.17, 15) is 0 Å². The summed E-state index contributed by atoms with van der Waals surface area (Å²) in [6.07, 6.45) is 1.00. The van der Waals surface area contributed by atoms with Gasteiger partial charge in [0.05, 0.1) is 13.2 Å². The first-order valence-electron chi connectivity index (χ1n) is 8.56. The lowest BCUT2D eigenvalue weighted by Crippen LogP contribution is -2.31. The zero-order chi connectivity index (χ0) is 17.8. The maximum atomic E-state index is 6.02. The number of hydrogen-bond acceptors (Lipinski definition) is 4. The third-order valence-electron chi connectivity index (χ3n) is 4.49. The van der Waals surface area contributed by atoms with Gasteiger partial charge in [-0.25, -0.2) is 0 Å². The van der Waals surface area contributed by atoms with Crippen LogP contribution in [0, 0.1) is 3.57 Å². The van der Waals surface area contributed by atoms with Gasteiger partial charge in [0.25, 0.3) is 0 Å². The maximum Gasteiger partial charge on any atom is 0.161 e. The van der Waals surface area contributed by atoms with Crippen molar-refractivity contribution in [3.05, 3.63) is 56.7 Å². The number of methoxy groups -OCH3 is 1. The molecule has 1 atom stereocenters. The molecule has 1 unspecified atom stereocenters. The Bertz CT molecular complexity index is 734. The van der Waals surface area contributed by atoms with E-state index in [0.717, 1.165) is 31.0 Å². The fourth-order valence-corrected chi connectivity index (χ4v) is 3.86. The van der Waals surface area contributed by atoms with Gasteiger partial charge in [0.2, 0.25) is 0 Å². The molecule has 0 saturated carbocycles. The van der Waals surface area contributed by atoms with Crippen LogP contribution < -0.4 is 14.8 Å². The van der Waals surface area contributed by atoms with Crippen LogP contribution in [-0.2, 0) is 6.42 Å². The molecule has 0 bridgehead atoms. The minimum absolute atomic E-state index is 0.193. The molecular formula is C20H25IN2O2. The van der Waals surface area contributed by atoms with Crippen molar-refractivity contribution in [1.29, 1.82) is 0 Å². The van der Waals surface area contributed by atoms with E-state index in [1.165, 1.54) is 20.3 Å². The Morgan fingerprint density at radius 1 is 1.16 bits per heavy atom. The van der Waals surface area contributed by atoms with E-state index in [1.807, 2.05) is 14.1 Å². The van der Waals surface area contributed by atoms with Crippen molar-refractivity contribution >= 4 is 22.6 Å². The molecule has 0 aromatic heterocycles. The maximum absolute atomic E-state index is 6.02.